The Morgan fingerprint density at radius 2 is 2.06 bits per heavy atom. The number of carboxylic acid groups (broad SMARTS) is 1. The molecule has 2 aliphatic rings. The van der Waals surface area contributed by atoms with E-state index in [2.05, 4.69) is 5.32 Å². The maximum Gasteiger partial charge on any atom is 0.352 e. The van der Waals surface area contributed by atoms with Gasteiger partial charge in [-0.15, -0.1) is 11.8 Å². The molecular formula is C16H15N5O10S. The van der Waals surface area contributed by atoms with Crippen LogP contribution in [-0.4, -0.2) is 72.0 Å². The number of H-pyrrole nitrogens is 1. The largest absolute Gasteiger partial charge is 0.477 e. The molecule has 0 bridgehead atoms. The average Bonchev–Trinajstić information content (AvgIpc) is 2.71. The van der Waals surface area contributed by atoms with Crippen LogP contribution < -0.4 is 16.6 Å². The monoisotopic (exact) mass is 469 g/mol. The maximum absolute atomic E-state index is 12.5. The van der Waals surface area contributed by atoms with Crippen molar-refractivity contribution in [1.29, 1.82) is 0 Å². The van der Waals surface area contributed by atoms with Crippen molar-refractivity contribution in [3.05, 3.63) is 48.4 Å². The molecule has 3 N–H and O–H groups in total. The summed E-state index contributed by atoms with van der Waals surface area (Å²) < 4.78 is 5.42. The number of hydrogen-bond donors (Lipinski definition) is 3. The fourth-order valence-electron chi connectivity index (χ4n) is 3.10. The van der Waals surface area contributed by atoms with Crippen LogP contribution in [0.5, 0.6) is 0 Å². The minimum Gasteiger partial charge on any atom is -0.477 e. The van der Waals surface area contributed by atoms with Crippen molar-refractivity contribution in [2.75, 3.05) is 12.4 Å². The minimum atomic E-state index is -1.40. The smallest absolute Gasteiger partial charge is 0.352 e. The number of carbonyl (C=O) groups is 4. The Bertz CT molecular complexity index is 1180. The zero-order valence-electron chi connectivity index (χ0n) is 16.2. The van der Waals surface area contributed by atoms with Crippen LogP contribution in [0.2, 0.25) is 0 Å². The van der Waals surface area contributed by atoms with Crippen LogP contribution >= 0.6 is 11.8 Å². The predicted octanol–water partition coefficient (Wildman–Crippen LogP) is -2.25. The number of carbonyl (C=O) groups excluding carboxylic acids is 3. The van der Waals surface area contributed by atoms with Crippen LogP contribution in [0, 0.1) is 10.1 Å². The lowest BCUT2D eigenvalue weighted by Crippen LogP contribution is -2.70. The van der Waals surface area contributed by atoms with E-state index in [9.17, 15) is 44.0 Å². The molecule has 1 saturated heterocycles. The molecule has 0 saturated carbocycles. The average molecular weight is 469 g/mol. The summed E-state index contributed by atoms with van der Waals surface area (Å²) in [5.41, 5.74) is -3.34. The number of β-lactam (4-membered cyclic amide) rings is 1. The first-order valence-corrected chi connectivity index (χ1v) is 9.87. The van der Waals surface area contributed by atoms with Gasteiger partial charge in [-0.3, -0.25) is 43.7 Å². The molecular weight excluding hydrogens is 454 g/mol. The molecule has 170 valence electrons. The highest BCUT2D eigenvalue weighted by atomic mass is 32.2. The van der Waals surface area contributed by atoms with Gasteiger partial charge in [-0.05, 0) is 0 Å². The Morgan fingerprint density at radius 3 is 2.66 bits per heavy atom. The van der Waals surface area contributed by atoms with E-state index in [0.717, 1.165) is 23.6 Å². The highest BCUT2D eigenvalue weighted by Crippen LogP contribution is 2.40. The number of nitrogens with one attached hydrogen (secondary N) is 2. The molecule has 0 spiro atoms. The minimum absolute atomic E-state index is 0.126. The quantitative estimate of drug-likeness (QED) is 0.168. The molecule has 0 radical (unpaired) electrons. The summed E-state index contributed by atoms with van der Waals surface area (Å²) in [6.07, 6.45) is 0.609. The molecule has 1 aromatic rings. The summed E-state index contributed by atoms with van der Waals surface area (Å²) in [4.78, 5) is 83.2. The van der Waals surface area contributed by atoms with E-state index in [4.69, 9.17) is 4.74 Å². The van der Waals surface area contributed by atoms with Crippen molar-refractivity contribution in [3.8, 4) is 0 Å². The fraction of sp³-hybridized carbons (Fsp3) is 0.375. The molecule has 15 nitrogen and oxygen atoms in total. The molecule has 2 aliphatic heterocycles. The molecule has 16 heteroatoms. The Kier molecular flexibility index (Phi) is 6.15. The zero-order chi connectivity index (χ0) is 23.7. The molecule has 3 rings (SSSR count). The van der Waals surface area contributed by atoms with Crippen LogP contribution in [0.25, 0.3) is 0 Å². The fourth-order valence-corrected chi connectivity index (χ4v) is 4.43. The summed E-state index contributed by atoms with van der Waals surface area (Å²) in [5, 5.41) is 21.9. The third-order valence-corrected chi connectivity index (χ3v) is 5.86. The number of aliphatic carboxylic acids is 1. The Balaban J connectivity index is 1.74. The first-order valence-electron chi connectivity index (χ1n) is 8.82. The number of thioether (sulfide) groups is 1. The zero-order valence-corrected chi connectivity index (χ0v) is 17.0. The summed E-state index contributed by atoms with van der Waals surface area (Å²) >= 11 is 1.14. The van der Waals surface area contributed by atoms with E-state index in [1.54, 1.807) is 4.98 Å². The third-order valence-electron chi connectivity index (χ3n) is 4.52. The topological polar surface area (TPSA) is 211 Å². The van der Waals surface area contributed by atoms with Gasteiger partial charge < -0.3 is 15.2 Å². The van der Waals surface area contributed by atoms with E-state index in [1.165, 1.54) is 0 Å². The first-order chi connectivity index (χ1) is 15.0. The molecule has 0 unspecified atom stereocenters. The number of fused-ring (bicyclic) bond motifs is 1. The van der Waals surface area contributed by atoms with Crippen molar-refractivity contribution in [3.63, 3.8) is 0 Å². The van der Waals surface area contributed by atoms with Crippen LogP contribution in [0.15, 0.2) is 27.1 Å². The van der Waals surface area contributed by atoms with E-state index < -0.39 is 63.6 Å². The molecule has 32 heavy (non-hydrogen) atoms. The van der Waals surface area contributed by atoms with Crippen molar-refractivity contribution in [2.24, 2.45) is 0 Å². The molecule has 1 fully saturated rings. The lowest BCUT2D eigenvalue weighted by molar-refractivity contribution is -0.386. The lowest BCUT2D eigenvalue weighted by atomic mass is 10.0. The number of nitro groups is 1. The number of amides is 2. The van der Waals surface area contributed by atoms with Gasteiger partial charge in [0.2, 0.25) is 5.91 Å². The van der Waals surface area contributed by atoms with Crippen molar-refractivity contribution in [1.82, 2.24) is 19.8 Å². The SMILES string of the molecule is CC(=O)OCC1=C(C(=O)O)N2C(=O)[C@@H](NC(=O)Cn3cc([N+](=O)[O-])c(=O)[nH]c3=O)[C@H]2SC1. The van der Waals surface area contributed by atoms with Gasteiger partial charge in [0.1, 0.15) is 30.3 Å². The highest BCUT2D eigenvalue weighted by Gasteiger charge is 2.54. The van der Waals surface area contributed by atoms with E-state index in [1.807, 2.05) is 0 Å². The molecule has 3 heterocycles. The van der Waals surface area contributed by atoms with Gasteiger partial charge in [-0.1, -0.05) is 0 Å². The number of ether oxygens (including phenoxy) is 1. The van der Waals surface area contributed by atoms with Crippen LogP contribution in [-0.2, 0) is 30.5 Å². The van der Waals surface area contributed by atoms with Gasteiger partial charge >= 0.3 is 28.9 Å². The van der Waals surface area contributed by atoms with Crippen LogP contribution in [0.4, 0.5) is 5.69 Å². The van der Waals surface area contributed by atoms with Crippen molar-refractivity contribution in [2.45, 2.75) is 24.9 Å². The number of aromatic nitrogens is 2. The number of carboxylic acids is 1. The Hall–Kier alpha value is -3.95. The standard InChI is InChI=1S/C16H15N5O10S/c1-6(22)31-4-7-5-32-14-10(13(25)20(14)11(7)15(26)27)17-9(23)3-19-2-8(21(29)30)12(24)18-16(19)28/h2,10,14H,3-5H2,1H3,(H,17,23)(H,26,27)(H,18,24,28)/t10-,14-/m1/s1. The number of aromatic amines is 1. The van der Waals surface area contributed by atoms with Crippen molar-refractivity contribution < 1.29 is 33.9 Å². The predicted molar refractivity (Wildman–Crippen MR) is 104 cm³/mol. The van der Waals surface area contributed by atoms with Gasteiger partial charge in [0.15, 0.2) is 0 Å². The summed E-state index contributed by atoms with van der Waals surface area (Å²) in [5.74, 6) is -3.48. The highest BCUT2D eigenvalue weighted by molar-refractivity contribution is 8.00. The molecule has 0 aromatic carbocycles. The molecule has 2 amide bonds. The summed E-state index contributed by atoms with van der Waals surface area (Å²) in [6.45, 7) is 0.130. The number of hydrogen-bond acceptors (Lipinski definition) is 10. The van der Waals surface area contributed by atoms with Crippen LogP contribution in [0.3, 0.4) is 0 Å². The number of nitrogens with zero attached hydrogens (tertiary/aromatic N) is 3. The normalized spacial score (nSPS) is 19.7. The second-order valence-electron chi connectivity index (χ2n) is 6.65. The van der Waals surface area contributed by atoms with E-state index >= 15 is 0 Å². The van der Waals surface area contributed by atoms with Gasteiger partial charge in [0.25, 0.3) is 5.91 Å². The summed E-state index contributed by atoms with van der Waals surface area (Å²) in [7, 11) is 0. The molecule has 0 aliphatic carbocycles. The second kappa shape index (κ2) is 8.66. The summed E-state index contributed by atoms with van der Waals surface area (Å²) in [6, 6.07) is -1.11. The van der Waals surface area contributed by atoms with E-state index in [0.29, 0.717) is 10.8 Å². The molecule has 2 atom stereocenters. The molecule has 1 aromatic heterocycles. The van der Waals surface area contributed by atoms with Gasteiger partial charge in [0, 0.05) is 18.2 Å². The van der Waals surface area contributed by atoms with Crippen LogP contribution in [0.1, 0.15) is 6.92 Å². The maximum atomic E-state index is 12.5. The van der Waals surface area contributed by atoms with Gasteiger partial charge in [-0.25, -0.2) is 9.59 Å². The Morgan fingerprint density at radius 1 is 1.38 bits per heavy atom. The Labute approximate surface area is 181 Å². The first kappa shape index (κ1) is 22.7. The number of rotatable bonds is 7. The van der Waals surface area contributed by atoms with Gasteiger partial charge in [0.05, 0.1) is 11.1 Å². The second-order valence-corrected chi connectivity index (χ2v) is 7.76. The lowest BCUT2D eigenvalue weighted by Gasteiger charge is -2.49. The third kappa shape index (κ3) is 4.25. The number of esters is 1. The van der Waals surface area contributed by atoms with E-state index in [-0.39, 0.29) is 23.6 Å². The van der Waals surface area contributed by atoms with Gasteiger partial charge in [-0.2, -0.15) is 0 Å². The van der Waals surface area contributed by atoms with Crippen molar-refractivity contribution >= 4 is 41.2 Å².